The molecule has 0 aliphatic rings. The van der Waals surface area contributed by atoms with Crippen LogP contribution in [0.5, 0.6) is 0 Å². The van der Waals surface area contributed by atoms with Crippen LogP contribution in [0, 0.1) is 0 Å². The fraction of sp³-hybridized carbons (Fsp3) is 0.750. The maximum absolute atomic E-state index is 11.4. The smallest absolute Gasteiger partial charge is 0.325 e. The van der Waals surface area contributed by atoms with E-state index in [2.05, 4.69) is 22.2 Å². The highest BCUT2D eigenvalue weighted by Gasteiger charge is 2.04. The van der Waals surface area contributed by atoms with Gasteiger partial charge in [0.05, 0.1) is 7.11 Å². The highest BCUT2D eigenvalue weighted by molar-refractivity contribution is 5.81. The molecule has 1 amide bonds. The quantitative estimate of drug-likeness (QED) is 0.310. The molecular weight excluding hydrogens is 268 g/mol. The minimum Gasteiger partial charge on any atom is -0.468 e. The lowest BCUT2D eigenvalue weighted by Crippen LogP contribution is -2.29. The molecule has 0 fully saturated rings. The summed E-state index contributed by atoms with van der Waals surface area (Å²) in [6, 6.07) is 0. The van der Waals surface area contributed by atoms with Crippen LogP contribution in [0.15, 0.2) is 12.2 Å². The Hall–Kier alpha value is -1.36. The summed E-state index contributed by atoms with van der Waals surface area (Å²) in [6.45, 7) is 0.741. The third kappa shape index (κ3) is 14.9. The molecule has 0 spiro atoms. The second kappa shape index (κ2) is 15.0. The van der Waals surface area contributed by atoms with E-state index < -0.39 is 5.97 Å². The van der Waals surface area contributed by atoms with Gasteiger partial charge in [-0.05, 0) is 45.1 Å². The molecule has 0 bridgehead atoms. The molecule has 3 N–H and O–H groups in total. The Kier molecular flexibility index (Phi) is 14.1. The monoisotopic (exact) mass is 298 g/mol. The molecule has 0 atom stereocenters. The highest BCUT2D eigenvalue weighted by Crippen LogP contribution is 2.06. The fourth-order valence-corrected chi connectivity index (χ4v) is 1.87. The largest absolute Gasteiger partial charge is 0.468 e. The predicted molar refractivity (Wildman–Crippen MR) is 84.8 cm³/mol. The van der Waals surface area contributed by atoms with Crippen molar-refractivity contribution < 1.29 is 14.3 Å². The molecule has 0 aliphatic heterocycles. The van der Waals surface area contributed by atoms with Crippen molar-refractivity contribution in [3.05, 3.63) is 12.2 Å². The van der Waals surface area contributed by atoms with Gasteiger partial charge in [-0.2, -0.15) is 0 Å². The molecule has 0 rings (SSSR count). The number of hydrogen-bond donors (Lipinski definition) is 2. The van der Waals surface area contributed by atoms with Crippen molar-refractivity contribution >= 4 is 11.9 Å². The summed E-state index contributed by atoms with van der Waals surface area (Å²) in [5, 5.41) is 2.54. The highest BCUT2D eigenvalue weighted by atomic mass is 16.5. The second-order valence-corrected chi connectivity index (χ2v) is 5.06. The zero-order valence-electron chi connectivity index (χ0n) is 13.2. The molecule has 5 heteroatoms. The lowest BCUT2D eigenvalue weighted by Gasteiger charge is -2.03. The molecular formula is C16H30N2O3. The third-order valence-corrected chi connectivity index (χ3v) is 3.17. The van der Waals surface area contributed by atoms with Crippen LogP contribution in [0.25, 0.3) is 0 Å². The van der Waals surface area contributed by atoms with Crippen LogP contribution in [0.2, 0.25) is 0 Å². The van der Waals surface area contributed by atoms with Crippen molar-refractivity contribution in [3.8, 4) is 0 Å². The summed E-state index contributed by atoms with van der Waals surface area (Å²) in [6.07, 6.45) is 13.7. The first kappa shape index (κ1) is 19.6. The van der Waals surface area contributed by atoms with Crippen molar-refractivity contribution in [2.24, 2.45) is 5.73 Å². The second-order valence-electron chi connectivity index (χ2n) is 5.06. The number of nitrogens with two attached hydrogens (primary N) is 1. The summed E-state index contributed by atoms with van der Waals surface area (Å²) < 4.78 is 4.45. The van der Waals surface area contributed by atoms with E-state index in [0.717, 1.165) is 51.5 Å². The number of carbonyl (C=O) groups excluding carboxylic acids is 2. The number of ether oxygens (including phenoxy) is 1. The van der Waals surface area contributed by atoms with Crippen LogP contribution in [0.3, 0.4) is 0 Å². The topological polar surface area (TPSA) is 81.4 Å². The van der Waals surface area contributed by atoms with Gasteiger partial charge < -0.3 is 15.8 Å². The molecule has 0 aromatic carbocycles. The Morgan fingerprint density at radius 1 is 1.00 bits per heavy atom. The van der Waals surface area contributed by atoms with E-state index in [1.807, 2.05) is 0 Å². The zero-order valence-corrected chi connectivity index (χ0v) is 13.2. The Morgan fingerprint density at radius 2 is 1.62 bits per heavy atom. The number of nitrogens with one attached hydrogen (secondary N) is 1. The van der Waals surface area contributed by atoms with Crippen LogP contribution >= 0.6 is 0 Å². The first-order valence-electron chi connectivity index (χ1n) is 7.89. The lowest BCUT2D eigenvalue weighted by atomic mass is 10.1. The van der Waals surface area contributed by atoms with Gasteiger partial charge in [0, 0.05) is 6.42 Å². The molecule has 0 aromatic rings. The number of unbranched alkanes of at least 4 members (excludes halogenated alkanes) is 6. The van der Waals surface area contributed by atoms with Gasteiger partial charge in [0.1, 0.15) is 6.54 Å². The van der Waals surface area contributed by atoms with Gasteiger partial charge in [-0.15, -0.1) is 0 Å². The number of allylic oxidation sites excluding steroid dienone is 2. The Labute approximate surface area is 128 Å². The normalized spacial score (nSPS) is 10.8. The van der Waals surface area contributed by atoms with Gasteiger partial charge in [0.15, 0.2) is 0 Å². The van der Waals surface area contributed by atoms with E-state index in [0.29, 0.717) is 6.42 Å². The van der Waals surface area contributed by atoms with Crippen LogP contribution in [-0.4, -0.2) is 32.1 Å². The average Bonchev–Trinajstić information content (AvgIpc) is 2.50. The van der Waals surface area contributed by atoms with Crippen LogP contribution in [0.1, 0.15) is 57.8 Å². The van der Waals surface area contributed by atoms with E-state index in [1.165, 1.54) is 13.5 Å². The standard InChI is InChI=1S/C16H30N2O3/c1-21-16(20)14-18-15(19)12-10-8-6-4-2-3-5-7-9-11-13-17/h3,5H,2,4,6-14,17H2,1H3,(H,18,19). The number of amides is 1. The van der Waals surface area contributed by atoms with Gasteiger partial charge >= 0.3 is 5.97 Å². The number of esters is 1. The summed E-state index contributed by atoms with van der Waals surface area (Å²) in [5.74, 6) is -0.498. The number of hydrogen-bond acceptors (Lipinski definition) is 4. The zero-order chi connectivity index (χ0) is 15.8. The fourth-order valence-electron chi connectivity index (χ4n) is 1.87. The first-order valence-corrected chi connectivity index (χ1v) is 7.89. The molecule has 0 aliphatic carbocycles. The Morgan fingerprint density at radius 3 is 2.24 bits per heavy atom. The Bertz CT molecular complexity index is 304. The van der Waals surface area contributed by atoms with Crippen molar-refractivity contribution in [1.82, 2.24) is 5.32 Å². The Balaban J connectivity index is 3.28. The van der Waals surface area contributed by atoms with Gasteiger partial charge in [-0.3, -0.25) is 9.59 Å². The summed E-state index contributed by atoms with van der Waals surface area (Å²) in [5.41, 5.74) is 5.42. The van der Waals surface area contributed by atoms with Gasteiger partial charge in [-0.25, -0.2) is 0 Å². The van der Waals surface area contributed by atoms with E-state index in [-0.39, 0.29) is 12.5 Å². The minimum atomic E-state index is -0.415. The summed E-state index contributed by atoms with van der Waals surface area (Å²) in [7, 11) is 1.31. The first-order chi connectivity index (χ1) is 10.2. The maximum Gasteiger partial charge on any atom is 0.325 e. The van der Waals surface area contributed by atoms with Gasteiger partial charge in [0.2, 0.25) is 5.91 Å². The molecule has 5 nitrogen and oxygen atoms in total. The van der Waals surface area contributed by atoms with Crippen molar-refractivity contribution in [3.63, 3.8) is 0 Å². The van der Waals surface area contributed by atoms with E-state index in [1.54, 1.807) is 0 Å². The minimum absolute atomic E-state index is 0.0374. The van der Waals surface area contributed by atoms with Crippen LogP contribution in [-0.2, 0) is 14.3 Å². The van der Waals surface area contributed by atoms with Gasteiger partial charge in [0.25, 0.3) is 0 Å². The van der Waals surface area contributed by atoms with Crippen molar-refractivity contribution in [2.75, 3.05) is 20.2 Å². The van der Waals surface area contributed by atoms with Crippen LogP contribution in [0.4, 0.5) is 0 Å². The summed E-state index contributed by atoms with van der Waals surface area (Å²) in [4.78, 5) is 22.2. The number of rotatable bonds is 13. The molecule has 0 saturated carbocycles. The maximum atomic E-state index is 11.4. The van der Waals surface area contributed by atoms with E-state index in [4.69, 9.17) is 5.73 Å². The number of carbonyl (C=O) groups is 2. The third-order valence-electron chi connectivity index (χ3n) is 3.17. The molecule has 0 aromatic heterocycles. The van der Waals surface area contributed by atoms with Crippen molar-refractivity contribution in [2.45, 2.75) is 57.8 Å². The average molecular weight is 298 g/mol. The van der Waals surface area contributed by atoms with Crippen molar-refractivity contribution in [1.29, 1.82) is 0 Å². The predicted octanol–water partition coefficient (Wildman–Crippen LogP) is 2.30. The van der Waals surface area contributed by atoms with Crippen LogP contribution < -0.4 is 11.1 Å². The molecule has 122 valence electrons. The molecule has 0 saturated heterocycles. The van der Waals surface area contributed by atoms with E-state index >= 15 is 0 Å². The molecule has 21 heavy (non-hydrogen) atoms. The SMILES string of the molecule is COC(=O)CNC(=O)CCCCCCC=CCCCCN. The molecule has 0 radical (unpaired) electrons. The van der Waals surface area contributed by atoms with E-state index in [9.17, 15) is 9.59 Å². The summed E-state index contributed by atoms with van der Waals surface area (Å²) >= 11 is 0. The molecule has 0 unspecified atom stereocenters. The molecule has 0 heterocycles. The van der Waals surface area contributed by atoms with Gasteiger partial charge in [-0.1, -0.05) is 25.0 Å². The number of methoxy groups -OCH3 is 1. The lowest BCUT2D eigenvalue weighted by molar-refractivity contribution is -0.141.